The van der Waals surface area contributed by atoms with E-state index in [9.17, 15) is 4.79 Å². The van der Waals surface area contributed by atoms with Crippen LogP contribution in [0.4, 0.5) is 5.69 Å². The molecule has 2 N–H and O–H groups in total. The summed E-state index contributed by atoms with van der Waals surface area (Å²) in [5, 5.41) is 2.57. The van der Waals surface area contributed by atoms with Gasteiger partial charge in [-0.15, -0.1) is 0 Å². The Labute approximate surface area is 126 Å². The van der Waals surface area contributed by atoms with Crippen LogP contribution in [0.15, 0.2) is 75.9 Å². The molecule has 0 amide bonds. The van der Waals surface area contributed by atoms with Gasteiger partial charge < -0.3 is 10.2 Å². The second kappa shape index (κ2) is 4.74. The molecular formula is C19H13NO2. The molecule has 0 atom stereocenters. The van der Waals surface area contributed by atoms with Gasteiger partial charge in [0.05, 0.1) is 5.39 Å². The molecule has 4 aromatic rings. The summed E-state index contributed by atoms with van der Waals surface area (Å²) in [4.78, 5) is 12.4. The van der Waals surface area contributed by atoms with Crippen LogP contribution in [0.3, 0.4) is 0 Å². The number of anilines is 1. The molecule has 0 spiro atoms. The van der Waals surface area contributed by atoms with Crippen molar-refractivity contribution in [2.45, 2.75) is 0 Å². The van der Waals surface area contributed by atoms with Crippen molar-refractivity contribution in [3.63, 3.8) is 0 Å². The number of rotatable bonds is 1. The predicted octanol–water partition coefficient (Wildman–Crippen LogP) is 4.20. The highest BCUT2D eigenvalue weighted by atomic mass is 16.3. The van der Waals surface area contributed by atoms with Crippen LogP contribution in [0, 0.1) is 0 Å². The van der Waals surface area contributed by atoms with E-state index >= 15 is 0 Å². The lowest BCUT2D eigenvalue weighted by Crippen LogP contribution is -2.00. The van der Waals surface area contributed by atoms with E-state index in [0.29, 0.717) is 22.4 Å². The van der Waals surface area contributed by atoms with Gasteiger partial charge in [-0.2, -0.15) is 0 Å². The van der Waals surface area contributed by atoms with Gasteiger partial charge >= 0.3 is 0 Å². The maximum Gasteiger partial charge on any atom is 0.193 e. The zero-order valence-electron chi connectivity index (χ0n) is 11.7. The van der Waals surface area contributed by atoms with Gasteiger partial charge in [0.15, 0.2) is 5.43 Å². The summed E-state index contributed by atoms with van der Waals surface area (Å²) in [5.74, 6) is 0.529. The van der Waals surface area contributed by atoms with Gasteiger partial charge in [-0.25, -0.2) is 0 Å². The van der Waals surface area contributed by atoms with Gasteiger partial charge in [0, 0.05) is 22.7 Å². The van der Waals surface area contributed by atoms with Gasteiger partial charge in [-0.1, -0.05) is 42.5 Å². The van der Waals surface area contributed by atoms with Crippen LogP contribution in [0.5, 0.6) is 0 Å². The average Bonchev–Trinajstić information content (AvgIpc) is 2.54. The standard InChI is InChI=1S/C19H13NO2/c20-14-6-3-5-13(10-14)18-11-17(21)16-9-8-12-4-1-2-7-15(12)19(16)22-18/h1-11H,20H2. The van der Waals surface area contributed by atoms with E-state index in [1.165, 1.54) is 6.07 Å². The lowest BCUT2D eigenvalue weighted by molar-refractivity contribution is 0.622. The van der Waals surface area contributed by atoms with Crippen molar-refractivity contribution in [2.24, 2.45) is 0 Å². The zero-order valence-corrected chi connectivity index (χ0v) is 11.7. The summed E-state index contributed by atoms with van der Waals surface area (Å²) in [5.41, 5.74) is 7.82. The molecule has 0 saturated carbocycles. The fourth-order valence-corrected chi connectivity index (χ4v) is 2.72. The largest absolute Gasteiger partial charge is 0.455 e. The molecule has 3 nitrogen and oxygen atoms in total. The van der Waals surface area contributed by atoms with Crippen molar-refractivity contribution >= 4 is 27.4 Å². The quantitative estimate of drug-likeness (QED) is 0.422. The van der Waals surface area contributed by atoms with E-state index < -0.39 is 0 Å². The zero-order chi connectivity index (χ0) is 15.1. The van der Waals surface area contributed by atoms with Crippen LogP contribution in [0.1, 0.15) is 0 Å². The smallest absolute Gasteiger partial charge is 0.193 e. The summed E-state index contributed by atoms with van der Waals surface area (Å²) < 4.78 is 6.04. The third kappa shape index (κ3) is 1.95. The molecule has 0 aliphatic heterocycles. The Morgan fingerprint density at radius 3 is 2.55 bits per heavy atom. The molecule has 22 heavy (non-hydrogen) atoms. The normalized spacial score (nSPS) is 11.1. The van der Waals surface area contributed by atoms with E-state index in [-0.39, 0.29) is 5.43 Å². The van der Waals surface area contributed by atoms with Crippen molar-refractivity contribution in [1.29, 1.82) is 0 Å². The molecule has 0 radical (unpaired) electrons. The van der Waals surface area contributed by atoms with Crippen LogP contribution < -0.4 is 11.2 Å². The van der Waals surface area contributed by atoms with Crippen molar-refractivity contribution in [3.05, 3.63) is 77.0 Å². The highest BCUT2D eigenvalue weighted by Crippen LogP contribution is 2.28. The fraction of sp³-hybridized carbons (Fsp3) is 0. The van der Waals surface area contributed by atoms with Crippen molar-refractivity contribution in [3.8, 4) is 11.3 Å². The maximum absolute atomic E-state index is 12.4. The number of hydrogen-bond donors (Lipinski definition) is 1. The third-order valence-corrected chi connectivity index (χ3v) is 3.79. The number of fused-ring (bicyclic) bond motifs is 3. The molecule has 3 aromatic carbocycles. The molecule has 106 valence electrons. The van der Waals surface area contributed by atoms with Crippen molar-refractivity contribution < 1.29 is 4.42 Å². The van der Waals surface area contributed by atoms with E-state index in [0.717, 1.165) is 16.3 Å². The Hall–Kier alpha value is -3.07. The molecular weight excluding hydrogens is 274 g/mol. The van der Waals surface area contributed by atoms with E-state index in [1.807, 2.05) is 48.5 Å². The van der Waals surface area contributed by atoms with Crippen molar-refractivity contribution in [1.82, 2.24) is 0 Å². The second-order valence-corrected chi connectivity index (χ2v) is 5.26. The Balaban J connectivity index is 2.10. The molecule has 0 saturated heterocycles. The van der Waals surface area contributed by atoms with E-state index in [1.54, 1.807) is 12.1 Å². The third-order valence-electron chi connectivity index (χ3n) is 3.79. The van der Waals surface area contributed by atoms with E-state index in [2.05, 4.69) is 0 Å². The first-order valence-electron chi connectivity index (χ1n) is 7.04. The highest BCUT2D eigenvalue weighted by Gasteiger charge is 2.09. The van der Waals surface area contributed by atoms with Crippen molar-refractivity contribution in [2.75, 3.05) is 5.73 Å². The highest BCUT2D eigenvalue weighted by molar-refractivity contribution is 6.04. The lowest BCUT2D eigenvalue weighted by atomic mass is 10.1. The number of hydrogen-bond acceptors (Lipinski definition) is 3. The minimum absolute atomic E-state index is 0.0515. The SMILES string of the molecule is Nc1cccc(-c2cc(=O)c3ccc4ccccc4c3o2)c1. The fourth-order valence-electron chi connectivity index (χ4n) is 2.72. The van der Waals surface area contributed by atoms with Gasteiger partial charge in [0.1, 0.15) is 11.3 Å². The summed E-state index contributed by atoms with van der Waals surface area (Å²) in [6.45, 7) is 0. The Kier molecular flexibility index (Phi) is 2.73. The summed E-state index contributed by atoms with van der Waals surface area (Å²) in [6, 6.07) is 20.5. The van der Waals surface area contributed by atoms with Crippen LogP contribution in [0.2, 0.25) is 0 Å². The number of benzene rings is 3. The molecule has 3 heteroatoms. The first kappa shape index (κ1) is 12.7. The molecule has 0 bridgehead atoms. The van der Waals surface area contributed by atoms with Crippen LogP contribution in [0.25, 0.3) is 33.1 Å². The molecule has 1 heterocycles. The Morgan fingerprint density at radius 2 is 1.68 bits per heavy atom. The maximum atomic E-state index is 12.4. The Morgan fingerprint density at radius 1 is 0.818 bits per heavy atom. The molecule has 0 fully saturated rings. The van der Waals surface area contributed by atoms with Crippen LogP contribution >= 0.6 is 0 Å². The van der Waals surface area contributed by atoms with Gasteiger partial charge in [0.25, 0.3) is 0 Å². The van der Waals surface area contributed by atoms with Gasteiger partial charge in [-0.05, 0) is 23.6 Å². The van der Waals surface area contributed by atoms with Crippen LogP contribution in [-0.2, 0) is 0 Å². The predicted molar refractivity (Wildman–Crippen MR) is 89.8 cm³/mol. The lowest BCUT2D eigenvalue weighted by Gasteiger charge is -2.06. The second-order valence-electron chi connectivity index (χ2n) is 5.26. The minimum Gasteiger partial charge on any atom is -0.455 e. The number of nitrogen functional groups attached to an aromatic ring is 1. The molecule has 0 unspecified atom stereocenters. The molecule has 4 rings (SSSR count). The Bertz CT molecular complexity index is 1060. The van der Waals surface area contributed by atoms with Crippen LogP contribution in [-0.4, -0.2) is 0 Å². The number of nitrogens with two attached hydrogens (primary N) is 1. The first-order chi connectivity index (χ1) is 10.7. The monoisotopic (exact) mass is 287 g/mol. The van der Waals surface area contributed by atoms with Gasteiger partial charge in [0.2, 0.25) is 0 Å². The minimum atomic E-state index is -0.0515. The molecule has 1 aromatic heterocycles. The van der Waals surface area contributed by atoms with Gasteiger partial charge in [-0.3, -0.25) is 4.79 Å². The topological polar surface area (TPSA) is 56.2 Å². The first-order valence-corrected chi connectivity index (χ1v) is 7.04. The molecule has 0 aliphatic rings. The summed E-state index contributed by atoms with van der Waals surface area (Å²) in [7, 11) is 0. The average molecular weight is 287 g/mol. The molecule has 0 aliphatic carbocycles. The van der Waals surface area contributed by atoms with E-state index in [4.69, 9.17) is 10.2 Å². The summed E-state index contributed by atoms with van der Waals surface area (Å²) in [6.07, 6.45) is 0. The summed E-state index contributed by atoms with van der Waals surface area (Å²) >= 11 is 0.